The molecule has 158 valence electrons. The van der Waals surface area contributed by atoms with Gasteiger partial charge in [-0.15, -0.1) is 0 Å². The Labute approximate surface area is 190 Å². The zero-order valence-corrected chi connectivity index (χ0v) is 19.5. The SMILES string of the molecule is CCOC(=O)c1c(CN2CCCCCC2)c2cc(Br)c(Cl)cc2n1-c1ccccc1. The molecule has 0 radical (unpaired) electrons. The number of ether oxygens (including phenoxy) is 1. The number of likely N-dealkylation sites (tertiary alicyclic amines) is 1. The van der Waals surface area contributed by atoms with Gasteiger partial charge < -0.3 is 9.30 Å². The molecule has 0 atom stereocenters. The summed E-state index contributed by atoms with van der Waals surface area (Å²) in [4.78, 5) is 15.7. The molecule has 3 aromatic rings. The van der Waals surface area contributed by atoms with Crippen LogP contribution in [-0.2, 0) is 11.3 Å². The fourth-order valence-electron chi connectivity index (χ4n) is 4.28. The zero-order valence-electron chi connectivity index (χ0n) is 17.2. The van der Waals surface area contributed by atoms with Crippen molar-refractivity contribution in [3.63, 3.8) is 0 Å². The van der Waals surface area contributed by atoms with E-state index in [2.05, 4.69) is 20.8 Å². The molecule has 4 nitrogen and oxygen atoms in total. The van der Waals surface area contributed by atoms with Crippen LogP contribution in [0.3, 0.4) is 0 Å². The van der Waals surface area contributed by atoms with Gasteiger partial charge >= 0.3 is 5.97 Å². The molecule has 1 saturated heterocycles. The molecule has 0 saturated carbocycles. The molecule has 0 aliphatic carbocycles. The van der Waals surface area contributed by atoms with Crippen molar-refractivity contribution in [1.29, 1.82) is 0 Å². The number of carbonyl (C=O) groups excluding carboxylic acids is 1. The van der Waals surface area contributed by atoms with Crippen molar-refractivity contribution >= 4 is 44.4 Å². The van der Waals surface area contributed by atoms with Crippen LogP contribution in [0.25, 0.3) is 16.6 Å². The van der Waals surface area contributed by atoms with Gasteiger partial charge in [-0.3, -0.25) is 4.90 Å². The fourth-order valence-corrected chi connectivity index (χ4v) is 4.78. The Bertz CT molecular complexity index is 1040. The summed E-state index contributed by atoms with van der Waals surface area (Å²) in [5.74, 6) is -0.297. The number of aromatic nitrogens is 1. The van der Waals surface area contributed by atoms with Crippen molar-refractivity contribution in [3.05, 3.63) is 63.2 Å². The van der Waals surface area contributed by atoms with Crippen LogP contribution in [0.2, 0.25) is 5.02 Å². The number of para-hydroxylation sites is 1. The number of hydrogen-bond donors (Lipinski definition) is 0. The second-order valence-electron chi connectivity index (χ2n) is 7.69. The first-order valence-electron chi connectivity index (χ1n) is 10.6. The largest absolute Gasteiger partial charge is 0.461 e. The van der Waals surface area contributed by atoms with E-state index >= 15 is 0 Å². The summed E-state index contributed by atoms with van der Waals surface area (Å²) in [6.07, 6.45) is 4.94. The first-order valence-corrected chi connectivity index (χ1v) is 11.7. The molecule has 1 aliphatic rings. The van der Waals surface area contributed by atoms with Gasteiger partial charge in [-0.2, -0.15) is 0 Å². The van der Waals surface area contributed by atoms with Crippen molar-refractivity contribution in [2.24, 2.45) is 0 Å². The molecule has 30 heavy (non-hydrogen) atoms. The van der Waals surface area contributed by atoms with Gasteiger partial charge in [0.2, 0.25) is 0 Å². The number of nitrogens with zero attached hydrogens (tertiary/aromatic N) is 2. The third-order valence-corrected chi connectivity index (χ3v) is 6.87. The van der Waals surface area contributed by atoms with Crippen molar-refractivity contribution in [1.82, 2.24) is 9.47 Å². The number of hydrogen-bond acceptors (Lipinski definition) is 3. The van der Waals surface area contributed by atoms with Gasteiger partial charge in [0.1, 0.15) is 5.69 Å². The number of esters is 1. The normalized spacial score (nSPS) is 15.3. The molecule has 1 fully saturated rings. The Kier molecular flexibility index (Phi) is 6.81. The molecule has 2 aromatic carbocycles. The highest BCUT2D eigenvalue weighted by Crippen LogP contribution is 2.36. The minimum Gasteiger partial charge on any atom is -0.461 e. The molecule has 2 heterocycles. The minimum atomic E-state index is -0.297. The molecule has 4 rings (SSSR count). The maximum atomic E-state index is 13.2. The summed E-state index contributed by atoms with van der Waals surface area (Å²) < 4.78 is 8.34. The Morgan fingerprint density at radius 1 is 1.10 bits per heavy atom. The molecular formula is C24H26BrClN2O2. The maximum Gasteiger partial charge on any atom is 0.355 e. The smallest absolute Gasteiger partial charge is 0.355 e. The Morgan fingerprint density at radius 2 is 1.80 bits per heavy atom. The van der Waals surface area contributed by atoms with Crippen LogP contribution in [0.15, 0.2) is 46.9 Å². The first kappa shape index (κ1) is 21.4. The van der Waals surface area contributed by atoms with E-state index in [1.807, 2.05) is 54.0 Å². The standard InChI is InChI=1S/C24H26BrClN2O2/c1-2-30-24(29)23-19(16-27-12-8-3-4-9-13-27)18-14-20(25)21(26)15-22(18)28(23)17-10-6-5-7-11-17/h5-7,10-11,14-15H,2-4,8-9,12-13,16H2,1H3. The fraction of sp³-hybridized carbons (Fsp3) is 0.375. The van der Waals surface area contributed by atoms with Crippen LogP contribution in [0, 0.1) is 0 Å². The third kappa shape index (κ3) is 4.29. The summed E-state index contributed by atoms with van der Waals surface area (Å²) in [7, 11) is 0. The molecular weight excluding hydrogens is 464 g/mol. The van der Waals surface area contributed by atoms with Gasteiger partial charge in [-0.25, -0.2) is 4.79 Å². The lowest BCUT2D eigenvalue weighted by Crippen LogP contribution is -2.25. The number of halogens is 2. The number of carbonyl (C=O) groups is 1. The van der Waals surface area contributed by atoms with Crippen LogP contribution >= 0.6 is 27.5 Å². The highest BCUT2D eigenvalue weighted by atomic mass is 79.9. The summed E-state index contributed by atoms with van der Waals surface area (Å²) >= 11 is 10.1. The van der Waals surface area contributed by atoms with Gasteiger partial charge in [0, 0.05) is 27.7 Å². The number of fused-ring (bicyclic) bond motifs is 1. The lowest BCUT2D eigenvalue weighted by atomic mass is 10.1. The van der Waals surface area contributed by atoms with E-state index in [9.17, 15) is 4.79 Å². The van der Waals surface area contributed by atoms with Gasteiger partial charge in [-0.05, 0) is 73.1 Å². The molecule has 1 aromatic heterocycles. The van der Waals surface area contributed by atoms with Crippen molar-refractivity contribution in [2.75, 3.05) is 19.7 Å². The lowest BCUT2D eigenvalue weighted by Gasteiger charge is -2.20. The lowest BCUT2D eigenvalue weighted by molar-refractivity contribution is 0.0515. The van der Waals surface area contributed by atoms with E-state index in [0.717, 1.165) is 46.3 Å². The second-order valence-corrected chi connectivity index (χ2v) is 8.95. The van der Waals surface area contributed by atoms with Gasteiger partial charge in [0.05, 0.1) is 17.1 Å². The van der Waals surface area contributed by atoms with Crippen LogP contribution in [0.4, 0.5) is 0 Å². The predicted octanol–water partition coefficient (Wildman–Crippen LogP) is 6.60. The van der Waals surface area contributed by atoms with Crippen LogP contribution in [0.1, 0.15) is 48.7 Å². The molecule has 1 aliphatic heterocycles. The Morgan fingerprint density at radius 3 is 2.47 bits per heavy atom. The average Bonchev–Trinajstić information content (AvgIpc) is 2.88. The molecule has 0 N–H and O–H groups in total. The second kappa shape index (κ2) is 9.54. The van der Waals surface area contributed by atoms with E-state index in [4.69, 9.17) is 16.3 Å². The molecule has 6 heteroatoms. The molecule has 0 spiro atoms. The highest BCUT2D eigenvalue weighted by Gasteiger charge is 2.27. The van der Waals surface area contributed by atoms with Gasteiger partial charge in [-0.1, -0.05) is 42.6 Å². The van der Waals surface area contributed by atoms with E-state index in [0.29, 0.717) is 17.3 Å². The highest BCUT2D eigenvalue weighted by molar-refractivity contribution is 9.10. The topological polar surface area (TPSA) is 34.5 Å². The average molecular weight is 490 g/mol. The van der Waals surface area contributed by atoms with Crippen molar-refractivity contribution in [3.8, 4) is 5.69 Å². The maximum absolute atomic E-state index is 13.2. The summed E-state index contributed by atoms with van der Waals surface area (Å²) in [6, 6.07) is 13.9. The van der Waals surface area contributed by atoms with E-state index in [1.54, 1.807) is 0 Å². The van der Waals surface area contributed by atoms with E-state index in [-0.39, 0.29) is 5.97 Å². The molecule has 0 bridgehead atoms. The summed E-state index contributed by atoms with van der Waals surface area (Å²) in [5, 5.41) is 1.65. The first-order chi connectivity index (χ1) is 14.6. The van der Waals surface area contributed by atoms with E-state index in [1.165, 1.54) is 25.7 Å². The van der Waals surface area contributed by atoms with Crippen molar-refractivity contribution < 1.29 is 9.53 Å². The quantitative estimate of drug-likeness (QED) is 0.379. The summed E-state index contributed by atoms with van der Waals surface area (Å²) in [5.41, 5.74) is 3.44. The van der Waals surface area contributed by atoms with Crippen LogP contribution < -0.4 is 0 Å². The monoisotopic (exact) mass is 488 g/mol. The van der Waals surface area contributed by atoms with Crippen LogP contribution in [-0.4, -0.2) is 35.1 Å². The van der Waals surface area contributed by atoms with Gasteiger partial charge in [0.15, 0.2) is 0 Å². The third-order valence-electron chi connectivity index (χ3n) is 5.68. The summed E-state index contributed by atoms with van der Waals surface area (Å²) in [6.45, 7) is 5.00. The number of benzene rings is 2. The van der Waals surface area contributed by atoms with Gasteiger partial charge in [0.25, 0.3) is 0 Å². The minimum absolute atomic E-state index is 0.297. The predicted molar refractivity (Wildman–Crippen MR) is 126 cm³/mol. The molecule has 0 amide bonds. The molecule has 0 unspecified atom stereocenters. The van der Waals surface area contributed by atoms with Crippen molar-refractivity contribution in [2.45, 2.75) is 39.2 Å². The zero-order chi connectivity index (χ0) is 21.1. The Balaban J connectivity index is 1.96. The van der Waals surface area contributed by atoms with Crippen LogP contribution in [0.5, 0.6) is 0 Å². The Hall–Kier alpha value is -1.82. The van der Waals surface area contributed by atoms with E-state index < -0.39 is 0 Å². The number of rotatable bonds is 5.